The number of hydrogen-bond acceptors (Lipinski definition) is 3. The molecule has 1 atom stereocenters. The molecule has 0 saturated carbocycles. The van der Waals surface area contributed by atoms with Crippen molar-refractivity contribution in [1.82, 2.24) is 4.90 Å². The molecule has 0 bridgehead atoms. The smallest absolute Gasteiger partial charge is 0.410 e. The number of carbonyl (C=O) groups excluding carboxylic acids is 1. The fraction of sp³-hybridized carbons (Fsp3) is 0.409. The van der Waals surface area contributed by atoms with Gasteiger partial charge in [0.25, 0.3) is 0 Å². The minimum atomic E-state index is -0.257. The van der Waals surface area contributed by atoms with Gasteiger partial charge < -0.3 is 14.4 Å². The molecular weight excluding hydrogens is 326 g/mol. The van der Waals surface area contributed by atoms with Crippen molar-refractivity contribution in [3.63, 3.8) is 0 Å². The van der Waals surface area contributed by atoms with Gasteiger partial charge in [-0.15, -0.1) is 0 Å². The van der Waals surface area contributed by atoms with E-state index in [1.54, 1.807) is 0 Å². The van der Waals surface area contributed by atoms with E-state index in [0.717, 1.165) is 17.5 Å². The Morgan fingerprint density at radius 2 is 1.58 bits per heavy atom. The van der Waals surface area contributed by atoms with Gasteiger partial charge in [-0.05, 0) is 23.0 Å². The summed E-state index contributed by atoms with van der Waals surface area (Å²) in [6.45, 7) is 6.45. The summed E-state index contributed by atoms with van der Waals surface area (Å²) in [4.78, 5) is 14.4. The molecule has 2 aromatic rings. The van der Waals surface area contributed by atoms with Gasteiger partial charge in [0.1, 0.15) is 6.61 Å². The number of hydrogen-bond donors (Lipinski definition) is 0. The van der Waals surface area contributed by atoms with Crippen molar-refractivity contribution in [2.75, 3.05) is 13.2 Å². The molecule has 1 saturated heterocycles. The van der Waals surface area contributed by atoms with Crippen LogP contribution in [0.5, 0.6) is 0 Å². The minimum Gasteiger partial charge on any atom is -0.445 e. The molecule has 2 aromatic carbocycles. The van der Waals surface area contributed by atoms with Crippen LogP contribution < -0.4 is 0 Å². The zero-order valence-corrected chi connectivity index (χ0v) is 15.6. The first-order chi connectivity index (χ1) is 12.5. The first kappa shape index (κ1) is 18.5. The van der Waals surface area contributed by atoms with Crippen LogP contribution in [0.25, 0.3) is 0 Å². The van der Waals surface area contributed by atoms with Gasteiger partial charge in [0.15, 0.2) is 0 Å². The molecule has 0 N–H and O–H groups in total. The van der Waals surface area contributed by atoms with Gasteiger partial charge in [0.05, 0.1) is 19.3 Å². The molecule has 0 aliphatic carbocycles. The van der Waals surface area contributed by atoms with Crippen molar-refractivity contribution in [2.45, 2.75) is 39.5 Å². The lowest BCUT2D eigenvalue weighted by Gasteiger charge is -2.24. The van der Waals surface area contributed by atoms with E-state index < -0.39 is 0 Å². The van der Waals surface area contributed by atoms with E-state index in [2.05, 4.69) is 13.8 Å². The Morgan fingerprint density at radius 3 is 2.19 bits per heavy atom. The minimum absolute atomic E-state index is 0.0528. The summed E-state index contributed by atoms with van der Waals surface area (Å²) >= 11 is 0. The Bertz CT molecular complexity index is 700. The van der Waals surface area contributed by atoms with Crippen molar-refractivity contribution >= 4 is 6.09 Å². The van der Waals surface area contributed by atoms with Gasteiger partial charge in [-0.25, -0.2) is 4.79 Å². The van der Waals surface area contributed by atoms with Gasteiger partial charge in [-0.3, -0.25) is 0 Å². The molecule has 3 rings (SSSR count). The number of rotatable bonds is 6. The van der Waals surface area contributed by atoms with Gasteiger partial charge >= 0.3 is 6.09 Å². The third-order valence-electron chi connectivity index (χ3n) is 4.69. The highest BCUT2D eigenvalue weighted by Gasteiger charge is 2.40. The maximum Gasteiger partial charge on any atom is 0.410 e. The number of nitrogens with zero attached hydrogens (tertiary/aromatic N) is 1. The van der Waals surface area contributed by atoms with Crippen LogP contribution in [0.15, 0.2) is 60.7 Å². The largest absolute Gasteiger partial charge is 0.445 e. The van der Waals surface area contributed by atoms with Crippen molar-refractivity contribution in [1.29, 1.82) is 0 Å². The molecule has 1 heterocycles. The van der Waals surface area contributed by atoms with Gasteiger partial charge in [0.2, 0.25) is 0 Å². The van der Waals surface area contributed by atoms with Crippen molar-refractivity contribution in [3.05, 3.63) is 71.8 Å². The summed E-state index contributed by atoms with van der Waals surface area (Å²) in [5.41, 5.74) is 2.21. The zero-order chi connectivity index (χ0) is 18.4. The average molecular weight is 353 g/mol. The molecule has 1 unspecified atom stereocenters. The fourth-order valence-corrected chi connectivity index (χ4v) is 3.45. The Labute approximate surface area is 155 Å². The van der Waals surface area contributed by atoms with E-state index in [1.165, 1.54) is 0 Å². The molecule has 0 radical (unpaired) electrons. The van der Waals surface area contributed by atoms with Crippen LogP contribution >= 0.6 is 0 Å². The molecule has 4 heteroatoms. The summed E-state index contributed by atoms with van der Waals surface area (Å²) in [7, 11) is 0. The van der Waals surface area contributed by atoms with Crippen LogP contribution in [0.2, 0.25) is 0 Å². The van der Waals surface area contributed by atoms with E-state index in [4.69, 9.17) is 9.47 Å². The second kappa shape index (κ2) is 8.37. The van der Waals surface area contributed by atoms with Crippen molar-refractivity contribution in [2.24, 2.45) is 5.41 Å². The number of carbonyl (C=O) groups is 1. The van der Waals surface area contributed by atoms with Crippen LogP contribution in [-0.2, 0) is 22.7 Å². The first-order valence-electron chi connectivity index (χ1n) is 9.12. The third kappa shape index (κ3) is 5.09. The monoisotopic (exact) mass is 353 g/mol. The summed E-state index contributed by atoms with van der Waals surface area (Å²) in [6.07, 6.45) is 0.662. The summed E-state index contributed by atoms with van der Waals surface area (Å²) in [5.74, 6) is 0. The van der Waals surface area contributed by atoms with Crippen molar-refractivity contribution < 1.29 is 14.3 Å². The molecule has 1 amide bonds. The molecule has 1 aliphatic rings. The number of amides is 1. The zero-order valence-electron chi connectivity index (χ0n) is 15.6. The van der Waals surface area contributed by atoms with E-state index in [-0.39, 0.29) is 17.6 Å². The second-order valence-corrected chi connectivity index (χ2v) is 7.69. The Kier molecular flexibility index (Phi) is 5.94. The number of ether oxygens (including phenoxy) is 2. The Morgan fingerprint density at radius 1 is 1.00 bits per heavy atom. The lowest BCUT2D eigenvalue weighted by atomic mass is 9.91. The van der Waals surface area contributed by atoms with Gasteiger partial charge in [-0.2, -0.15) is 0 Å². The summed E-state index contributed by atoms with van der Waals surface area (Å²) < 4.78 is 11.4. The van der Waals surface area contributed by atoms with Gasteiger partial charge in [0, 0.05) is 6.54 Å². The van der Waals surface area contributed by atoms with Crippen LogP contribution in [-0.4, -0.2) is 30.2 Å². The fourth-order valence-electron chi connectivity index (χ4n) is 3.45. The van der Waals surface area contributed by atoms with E-state index >= 15 is 0 Å². The van der Waals surface area contributed by atoms with Crippen LogP contribution in [0.3, 0.4) is 0 Å². The summed E-state index contributed by atoms with van der Waals surface area (Å²) in [5, 5.41) is 0. The predicted octanol–water partition coefficient (Wildman–Crippen LogP) is 4.64. The topological polar surface area (TPSA) is 38.8 Å². The van der Waals surface area contributed by atoms with E-state index in [1.807, 2.05) is 65.6 Å². The molecule has 4 nitrogen and oxygen atoms in total. The highest BCUT2D eigenvalue weighted by Crippen LogP contribution is 2.34. The third-order valence-corrected chi connectivity index (χ3v) is 4.69. The van der Waals surface area contributed by atoms with Crippen LogP contribution in [0.1, 0.15) is 31.4 Å². The standard InChI is InChI=1S/C22H27NO3/c1-22(2)13-20(16-25-14-18-9-5-3-6-10-18)23(17-22)21(24)26-15-19-11-7-4-8-12-19/h3-12,20H,13-17H2,1-2H3. The molecule has 26 heavy (non-hydrogen) atoms. The molecular formula is C22H27NO3. The normalized spacial score (nSPS) is 18.7. The van der Waals surface area contributed by atoms with Gasteiger partial charge in [-0.1, -0.05) is 74.5 Å². The maximum atomic E-state index is 12.6. The first-order valence-corrected chi connectivity index (χ1v) is 9.12. The molecule has 1 aliphatic heterocycles. The predicted molar refractivity (Wildman–Crippen MR) is 102 cm³/mol. The van der Waals surface area contributed by atoms with Crippen molar-refractivity contribution in [3.8, 4) is 0 Å². The molecule has 1 fully saturated rings. The summed E-state index contributed by atoms with van der Waals surface area (Å²) in [6, 6.07) is 19.9. The van der Waals surface area contributed by atoms with Crippen LogP contribution in [0.4, 0.5) is 4.79 Å². The van der Waals surface area contributed by atoms with E-state index in [0.29, 0.717) is 26.4 Å². The molecule has 0 spiro atoms. The maximum absolute atomic E-state index is 12.6. The molecule has 0 aromatic heterocycles. The average Bonchev–Trinajstić information content (AvgIpc) is 2.96. The van der Waals surface area contributed by atoms with Crippen LogP contribution in [0, 0.1) is 5.41 Å². The van der Waals surface area contributed by atoms with E-state index in [9.17, 15) is 4.79 Å². The Hall–Kier alpha value is -2.33. The quantitative estimate of drug-likeness (QED) is 0.759. The number of likely N-dealkylation sites (tertiary alicyclic amines) is 1. The second-order valence-electron chi connectivity index (χ2n) is 7.69. The number of benzene rings is 2. The highest BCUT2D eigenvalue weighted by molar-refractivity contribution is 5.68. The SMILES string of the molecule is CC1(C)CC(COCc2ccccc2)N(C(=O)OCc2ccccc2)C1. The molecule has 138 valence electrons. The Balaban J connectivity index is 1.54. The lowest BCUT2D eigenvalue weighted by Crippen LogP contribution is -2.39. The lowest BCUT2D eigenvalue weighted by molar-refractivity contribution is 0.0492. The highest BCUT2D eigenvalue weighted by atomic mass is 16.6.